The number of benzene rings is 2. The fraction of sp³-hybridized carbons (Fsp3) is 0.273. The van der Waals surface area contributed by atoms with E-state index >= 15 is 0 Å². The number of amides is 1. The lowest BCUT2D eigenvalue weighted by Crippen LogP contribution is -2.16. The first-order valence-corrected chi connectivity index (χ1v) is 11.2. The summed E-state index contributed by atoms with van der Waals surface area (Å²) in [5.41, 5.74) is 3.67. The van der Waals surface area contributed by atoms with E-state index in [1.54, 1.807) is 39.0 Å². The van der Waals surface area contributed by atoms with Crippen LogP contribution in [-0.2, 0) is 16.6 Å². The molecule has 0 aliphatic carbocycles. The summed E-state index contributed by atoms with van der Waals surface area (Å²) in [6.07, 6.45) is 0. The average molecular weight is 460 g/mol. The second kappa shape index (κ2) is 9.01. The maximum Gasteiger partial charge on any atom is 0.255 e. The number of carbonyl (C=O) groups is 1. The molecule has 0 atom stereocenters. The summed E-state index contributed by atoms with van der Waals surface area (Å²) in [5.74, 6) is 1.06. The minimum Gasteiger partial charge on any atom is -0.493 e. The zero-order valence-corrected chi connectivity index (χ0v) is 19.3. The van der Waals surface area contributed by atoms with Gasteiger partial charge in [-0.2, -0.15) is 0 Å². The molecule has 0 saturated carbocycles. The molecular formula is C22H25N3O6S. The monoisotopic (exact) mass is 459 g/mol. The van der Waals surface area contributed by atoms with Crippen molar-refractivity contribution in [1.29, 1.82) is 0 Å². The molecule has 0 aliphatic rings. The molecule has 170 valence electrons. The van der Waals surface area contributed by atoms with Crippen molar-refractivity contribution in [2.45, 2.75) is 39.2 Å². The zero-order valence-electron chi connectivity index (χ0n) is 18.5. The maximum absolute atomic E-state index is 12.8. The highest BCUT2D eigenvalue weighted by Crippen LogP contribution is 2.30. The topological polar surface area (TPSA) is 134 Å². The SMILES string of the molecule is COc1cc(C(=O)Nc2cc(S(N)(=O)=O)cc(C)c2C)ccc1OCc1c(C)noc1C. The third-order valence-corrected chi connectivity index (χ3v) is 6.09. The molecule has 10 heteroatoms. The molecule has 2 aromatic carbocycles. The third-order valence-electron chi connectivity index (χ3n) is 5.20. The normalized spacial score (nSPS) is 11.3. The lowest BCUT2D eigenvalue weighted by molar-refractivity contribution is 0.102. The standard InChI is InChI=1S/C22H25N3O6S/c1-12-8-17(32(23,27)28)10-19(13(12)2)24-22(26)16-6-7-20(21(9-16)29-5)30-11-18-14(3)25-31-15(18)4/h6-10H,11H2,1-5H3,(H,24,26)(H2,23,27,28). The predicted molar refractivity (Wildman–Crippen MR) is 119 cm³/mol. The van der Waals surface area contributed by atoms with Crippen LogP contribution in [0.3, 0.4) is 0 Å². The summed E-state index contributed by atoms with van der Waals surface area (Å²) in [5, 5.41) is 11.9. The first kappa shape index (κ1) is 23.3. The molecule has 32 heavy (non-hydrogen) atoms. The molecule has 0 fully saturated rings. The predicted octanol–water partition coefficient (Wildman–Crippen LogP) is 3.40. The molecule has 3 N–H and O–H groups in total. The van der Waals surface area contributed by atoms with Crippen LogP contribution in [-0.4, -0.2) is 26.6 Å². The first-order valence-electron chi connectivity index (χ1n) is 9.69. The number of ether oxygens (including phenoxy) is 2. The molecule has 0 radical (unpaired) electrons. The van der Waals surface area contributed by atoms with Gasteiger partial charge < -0.3 is 19.3 Å². The van der Waals surface area contributed by atoms with Crippen molar-refractivity contribution in [1.82, 2.24) is 5.16 Å². The minimum atomic E-state index is -3.91. The largest absolute Gasteiger partial charge is 0.493 e. The minimum absolute atomic E-state index is 0.0726. The fourth-order valence-electron chi connectivity index (χ4n) is 3.10. The fourth-order valence-corrected chi connectivity index (χ4v) is 3.72. The van der Waals surface area contributed by atoms with E-state index < -0.39 is 15.9 Å². The number of primary sulfonamides is 1. The van der Waals surface area contributed by atoms with Crippen LogP contribution in [0, 0.1) is 27.7 Å². The number of nitrogens with one attached hydrogen (secondary N) is 1. The van der Waals surface area contributed by atoms with Crippen molar-refractivity contribution in [3.63, 3.8) is 0 Å². The van der Waals surface area contributed by atoms with E-state index in [2.05, 4.69) is 10.5 Å². The highest BCUT2D eigenvalue weighted by Gasteiger charge is 2.17. The van der Waals surface area contributed by atoms with Crippen LogP contribution in [0.1, 0.15) is 38.5 Å². The van der Waals surface area contributed by atoms with Crippen LogP contribution in [0.25, 0.3) is 0 Å². The Morgan fingerprint density at radius 1 is 1.12 bits per heavy atom. The Hall–Kier alpha value is -3.37. The highest BCUT2D eigenvalue weighted by molar-refractivity contribution is 7.89. The van der Waals surface area contributed by atoms with Crippen LogP contribution >= 0.6 is 0 Å². The van der Waals surface area contributed by atoms with Crippen molar-refractivity contribution < 1.29 is 27.2 Å². The van der Waals surface area contributed by atoms with Gasteiger partial charge in [-0.1, -0.05) is 5.16 Å². The number of hydrogen-bond donors (Lipinski definition) is 2. The van der Waals surface area contributed by atoms with E-state index in [9.17, 15) is 13.2 Å². The Kier molecular flexibility index (Phi) is 6.56. The summed E-state index contributed by atoms with van der Waals surface area (Å²) in [4.78, 5) is 12.8. The van der Waals surface area contributed by atoms with Gasteiger partial charge in [0.1, 0.15) is 12.4 Å². The van der Waals surface area contributed by atoms with E-state index in [4.69, 9.17) is 19.1 Å². The molecule has 1 heterocycles. The number of nitrogens with two attached hydrogens (primary N) is 1. The quantitative estimate of drug-likeness (QED) is 0.553. The molecule has 0 spiro atoms. The van der Waals surface area contributed by atoms with Crippen molar-refractivity contribution in [2.24, 2.45) is 5.14 Å². The van der Waals surface area contributed by atoms with Crippen LogP contribution < -0.4 is 19.9 Å². The second-order valence-electron chi connectivity index (χ2n) is 7.37. The van der Waals surface area contributed by atoms with E-state index in [1.807, 2.05) is 6.92 Å². The zero-order chi connectivity index (χ0) is 23.6. The molecule has 0 saturated heterocycles. The summed E-state index contributed by atoms with van der Waals surface area (Å²) in [7, 11) is -2.44. The van der Waals surface area contributed by atoms with Gasteiger partial charge >= 0.3 is 0 Å². The summed E-state index contributed by atoms with van der Waals surface area (Å²) in [6.45, 7) is 7.40. The number of sulfonamides is 1. The Bertz CT molecular complexity index is 1260. The van der Waals surface area contributed by atoms with Crippen LogP contribution in [0.15, 0.2) is 39.8 Å². The number of aryl methyl sites for hydroxylation is 3. The van der Waals surface area contributed by atoms with Crippen LogP contribution in [0.4, 0.5) is 5.69 Å². The molecule has 0 bridgehead atoms. The van der Waals surface area contributed by atoms with Crippen molar-refractivity contribution >= 4 is 21.6 Å². The molecule has 0 unspecified atom stereocenters. The number of rotatable bonds is 7. The number of carbonyl (C=O) groups excluding carboxylic acids is 1. The van der Waals surface area contributed by atoms with E-state index in [0.29, 0.717) is 34.1 Å². The molecular weight excluding hydrogens is 434 g/mol. The number of nitrogens with zero attached hydrogens (tertiary/aromatic N) is 1. The molecule has 9 nitrogen and oxygen atoms in total. The van der Waals surface area contributed by atoms with E-state index in [-0.39, 0.29) is 11.5 Å². The Morgan fingerprint density at radius 3 is 2.44 bits per heavy atom. The van der Waals surface area contributed by atoms with Crippen molar-refractivity contribution in [3.8, 4) is 11.5 Å². The number of hydrogen-bond acceptors (Lipinski definition) is 7. The smallest absolute Gasteiger partial charge is 0.255 e. The molecule has 1 amide bonds. The molecule has 1 aromatic heterocycles. The first-order chi connectivity index (χ1) is 15.0. The van der Waals surface area contributed by atoms with Gasteiger partial charge in [-0.05, 0) is 69.2 Å². The summed E-state index contributed by atoms with van der Waals surface area (Å²) < 4.78 is 39.8. The van der Waals surface area contributed by atoms with E-state index in [1.165, 1.54) is 19.2 Å². The molecule has 3 rings (SSSR count). The Morgan fingerprint density at radius 2 is 1.84 bits per heavy atom. The van der Waals surface area contributed by atoms with Gasteiger partial charge in [-0.25, -0.2) is 13.6 Å². The highest BCUT2D eigenvalue weighted by atomic mass is 32.2. The third kappa shape index (κ3) is 4.92. The summed E-state index contributed by atoms with van der Waals surface area (Å²) in [6, 6.07) is 7.57. The molecule has 3 aromatic rings. The van der Waals surface area contributed by atoms with Gasteiger partial charge in [0.15, 0.2) is 11.5 Å². The van der Waals surface area contributed by atoms with Crippen LogP contribution in [0.2, 0.25) is 0 Å². The number of anilines is 1. The summed E-state index contributed by atoms with van der Waals surface area (Å²) >= 11 is 0. The Balaban J connectivity index is 1.83. The maximum atomic E-state index is 12.8. The average Bonchev–Trinajstić information content (AvgIpc) is 3.06. The second-order valence-corrected chi connectivity index (χ2v) is 8.93. The van der Waals surface area contributed by atoms with Gasteiger partial charge in [0.25, 0.3) is 5.91 Å². The number of aromatic nitrogens is 1. The lowest BCUT2D eigenvalue weighted by atomic mass is 10.1. The van der Waals surface area contributed by atoms with Gasteiger partial charge in [-0.3, -0.25) is 4.79 Å². The van der Waals surface area contributed by atoms with Crippen molar-refractivity contribution in [3.05, 3.63) is 64.0 Å². The van der Waals surface area contributed by atoms with Crippen LogP contribution in [0.5, 0.6) is 11.5 Å². The lowest BCUT2D eigenvalue weighted by Gasteiger charge is -2.14. The van der Waals surface area contributed by atoms with Gasteiger partial charge in [0, 0.05) is 11.3 Å². The van der Waals surface area contributed by atoms with Gasteiger partial charge in [0.05, 0.1) is 23.3 Å². The van der Waals surface area contributed by atoms with Crippen molar-refractivity contribution in [2.75, 3.05) is 12.4 Å². The number of methoxy groups -OCH3 is 1. The van der Waals surface area contributed by atoms with E-state index in [0.717, 1.165) is 16.8 Å². The van der Waals surface area contributed by atoms with Gasteiger partial charge in [-0.15, -0.1) is 0 Å². The van der Waals surface area contributed by atoms with Gasteiger partial charge in [0.2, 0.25) is 10.0 Å². The Labute approximate surface area is 186 Å². The molecule has 0 aliphatic heterocycles.